The number of oxazole rings is 1. The van der Waals surface area contributed by atoms with Crippen molar-refractivity contribution in [2.24, 2.45) is 0 Å². The summed E-state index contributed by atoms with van der Waals surface area (Å²) in [6.07, 6.45) is 3.01. The minimum Gasteiger partial charge on any atom is -0.434 e. The highest BCUT2D eigenvalue weighted by Crippen LogP contribution is 2.26. The van der Waals surface area contributed by atoms with Crippen molar-refractivity contribution in [2.45, 2.75) is 30.3 Å². The summed E-state index contributed by atoms with van der Waals surface area (Å²) in [5, 5.41) is 3.62. The van der Waals surface area contributed by atoms with E-state index in [1.807, 2.05) is 6.07 Å². The number of carbonyl (C=O) groups is 3. The first-order valence-electron chi connectivity index (χ1n) is 14.3. The van der Waals surface area contributed by atoms with Crippen LogP contribution in [0.2, 0.25) is 0 Å². The molecule has 0 radical (unpaired) electrons. The van der Waals surface area contributed by atoms with E-state index in [0.29, 0.717) is 22.4 Å². The SMILES string of the molecule is Cc1cccc(CS(=O)(=O)C(CNC(=O)c2ccncc2)C(=O)NCCC(C(=O)c2nc3ccccc3o2)c2ccccc2)n1. The lowest BCUT2D eigenvalue weighted by Crippen LogP contribution is -2.48. The molecule has 5 rings (SSSR count). The van der Waals surface area contributed by atoms with E-state index in [-0.39, 0.29) is 35.9 Å². The van der Waals surface area contributed by atoms with Crippen LogP contribution >= 0.6 is 0 Å². The van der Waals surface area contributed by atoms with E-state index in [2.05, 4.69) is 25.6 Å². The molecule has 230 valence electrons. The Morgan fingerprint density at radius 1 is 0.844 bits per heavy atom. The van der Waals surface area contributed by atoms with Crippen LogP contribution in [0.4, 0.5) is 0 Å². The number of nitrogens with zero attached hydrogens (tertiary/aromatic N) is 3. The van der Waals surface area contributed by atoms with Crippen molar-refractivity contribution in [2.75, 3.05) is 13.1 Å². The number of para-hydroxylation sites is 2. The van der Waals surface area contributed by atoms with Crippen molar-refractivity contribution in [3.8, 4) is 0 Å². The second-order valence-electron chi connectivity index (χ2n) is 10.4. The zero-order chi connectivity index (χ0) is 31.8. The highest BCUT2D eigenvalue weighted by atomic mass is 32.2. The fraction of sp³-hybridized carbons (Fsp3) is 0.212. The summed E-state index contributed by atoms with van der Waals surface area (Å²) >= 11 is 0. The van der Waals surface area contributed by atoms with Crippen molar-refractivity contribution >= 4 is 38.5 Å². The molecule has 3 aromatic heterocycles. The summed E-state index contributed by atoms with van der Waals surface area (Å²) in [5.74, 6) is -3.00. The summed E-state index contributed by atoms with van der Waals surface area (Å²) in [6, 6.07) is 24.0. The highest BCUT2D eigenvalue weighted by molar-refractivity contribution is 7.92. The zero-order valence-electron chi connectivity index (χ0n) is 24.4. The Balaban J connectivity index is 1.33. The maximum atomic E-state index is 13.6. The molecular weight excluding hydrogens is 594 g/mol. The van der Waals surface area contributed by atoms with E-state index >= 15 is 0 Å². The number of aromatic nitrogens is 3. The lowest BCUT2D eigenvalue weighted by Gasteiger charge is -2.20. The maximum Gasteiger partial charge on any atom is 0.264 e. The first-order chi connectivity index (χ1) is 21.7. The number of nitrogens with one attached hydrogen (secondary N) is 2. The molecule has 45 heavy (non-hydrogen) atoms. The van der Waals surface area contributed by atoms with Crippen LogP contribution in [0.15, 0.2) is 102 Å². The number of pyridine rings is 2. The van der Waals surface area contributed by atoms with Gasteiger partial charge in [0.15, 0.2) is 20.7 Å². The van der Waals surface area contributed by atoms with Crippen LogP contribution in [0.25, 0.3) is 11.1 Å². The molecule has 0 aliphatic heterocycles. The van der Waals surface area contributed by atoms with Crippen LogP contribution in [-0.4, -0.2) is 59.3 Å². The Kier molecular flexibility index (Phi) is 9.73. The topological polar surface area (TPSA) is 161 Å². The summed E-state index contributed by atoms with van der Waals surface area (Å²) in [7, 11) is -4.14. The highest BCUT2D eigenvalue weighted by Gasteiger charge is 2.34. The fourth-order valence-electron chi connectivity index (χ4n) is 4.87. The number of fused-ring (bicyclic) bond motifs is 1. The zero-order valence-corrected chi connectivity index (χ0v) is 25.2. The van der Waals surface area contributed by atoms with Crippen LogP contribution in [0, 0.1) is 6.92 Å². The van der Waals surface area contributed by atoms with Crippen LogP contribution < -0.4 is 10.6 Å². The van der Waals surface area contributed by atoms with E-state index in [1.165, 1.54) is 24.5 Å². The molecule has 2 unspecified atom stereocenters. The minimum absolute atomic E-state index is 0.0304. The monoisotopic (exact) mass is 625 g/mol. The van der Waals surface area contributed by atoms with Gasteiger partial charge in [-0.1, -0.05) is 48.5 Å². The van der Waals surface area contributed by atoms with Crippen LogP contribution in [0.1, 0.15) is 50.3 Å². The van der Waals surface area contributed by atoms with E-state index in [4.69, 9.17) is 4.42 Å². The molecular formula is C33H31N5O6S. The molecule has 3 heterocycles. The lowest BCUT2D eigenvalue weighted by molar-refractivity contribution is -0.120. The third kappa shape index (κ3) is 7.84. The lowest BCUT2D eigenvalue weighted by atomic mass is 9.91. The molecule has 5 aromatic rings. The van der Waals surface area contributed by atoms with Gasteiger partial charge in [0.25, 0.3) is 11.8 Å². The number of hydrogen-bond donors (Lipinski definition) is 2. The van der Waals surface area contributed by atoms with Gasteiger partial charge in [0.05, 0.1) is 17.4 Å². The predicted molar refractivity (Wildman–Crippen MR) is 167 cm³/mol. The number of hydrogen-bond acceptors (Lipinski definition) is 9. The normalized spacial score (nSPS) is 12.7. The molecule has 0 aliphatic carbocycles. The van der Waals surface area contributed by atoms with Crippen molar-refractivity contribution in [3.05, 3.63) is 126 Å². The standard InChI is InChI=1S/C33H31N5O6S/c1-22-8-7-11-25(37-22)21-45(42,43)29(20-36-31(40)24-14-17-34-18-15-24)32(41)35-19-16-26(23-9-3-2-4-10-23)30(39)33-38-27-12-5-6-13-28(27)44-33/h2-15,17-18,26,29H,16,19-21H2,1H3,(H,35,41)(H,36,40). The third-order valence-electron chi connectivity index (χ3n) is 7.17. The summed E-state index contributed by atoms with van der Waals surface area (Å²) < 4.78 is 32.8. The Hall–Kier alpha value is -5.23. The van der Waals surface area contributed by atoms with Gasteiger partial charge in [-0.15, -0.1) is 0 Å². The van der Waals surface area contributed by atoms with Crippen molar-refractivity contribution in [1.29, 1.82) is 0 Å². The van der Waals surface area contributed by atoms with Gasteiger partial charge < -0.3 is 15.1 Å². The molecule has 2 aromatic carbocycles. The quantitative estimate of drug-likeness (QED) is 0.185. The second kappa shape index (κ2) is 14.0. The van der Waals surface area contributed by atoms with Gasteiger partial charge >= 0.3 is 0 Å². The number of amides is 2. The molecule has 2 atom stereocenters. The van der Waals surface area contributed by atoms with Gasteiger partial charge in [0.1, 0.15) is 5.52 Å². The fourth-order valence-corrected chi connectivity index (χ4v) is 6.40. The van der Waals surface area contributed by atoms with Gasteiger partial charge in [-0.25, -0.2) is 13.4 Å². The van der Waals surface area contributed by atoms with Gasteiger partial charge in [-0.3, -0.25) is 24.4 Å². The molecule has 0 saturated heterocycles. The number of aryl methyl sites for hydroxylation is 1. The van der Waals surface area contributed by atoms with E-state index in [9.17, 15) is 22.8 Å². The average molecular weight is 626 g/mol. The first kappa shape index (κ1) is 31.2. The Bertz CT molecular complexity index is 1880. The number of ketones is 1. The van der Waals surface area contributed by atoms with Crippen molar-refractivity contribution < 1.29 is 27.2 Å². The predicted octanol–water partition coefficient (Wildman–Crippen LogP) is 3.81. The molecule has 11 nitrogen and oxygen atoms in total. The van der Waals surface area contributed by atoms with Gasteiger partial charge in [-0.2, -0.15) is 0 Å². The molecule has 2 amide bonds. The van der Waals surface area contributed by atoms with E-state index < -0.39 is 45.1 Å². The average Bonchev–Trinajstić information content (AvgIpc) is 3.48. The second-order valence-corrected chi connectivity index (χ2v) is 12.6. The molecule has 0 saturated carbocycles. The number of carbonyl (C=O) groups excluding carboxylic acids is 3. The third-order valence-corrected chi connectivity index (χ3v) is 9.11. The van der Waals surface area contributed by atoms with Crippen LogP contribution in [0.5, 0.6) is 0 Å². The van der Waals surface area contributed by atoms with Crippen LogP contribution in [-0.2, 0) is 20.4 Å². The molecule has 0 bridgehead atoms. The molecule has 0 fully saturated rings. The summed E-state index contributed by atoms with van der Waals surface area (Å²) in [4.78, 5) is 52.3. The van der Waals surface area contributed by atoms with Crippen molar-refractivity contribution in [3.63, 3.8) is 0 Å². The number of sulfone groups is 1. The smallest absolute Gasteiger partial charge is 0.264 e. The van der Waals surface area contributed by atoms with E-state index in [0.717, 1.165) is 0 Å². The Labute approximate surface area is 260 Å². The molecule has 0 aliphatic rings. The van der Waals surface area contributed by atoms with Gasteiger partial charge in [-0.05, 0) is 55.3 Å². The summed E-state index contributed by atoms with van der Waals surface area (Å²) in [6.45, 7) is 1.24. The largest absolute Gasteiger partial charge is 0.434 e. The maximum absolute atomic E-state index is 13.6. The summed E-state index contributed by atoms with van der Waals surface area (Å²) in [5.41, 5.74) is 2.90. The molecule has 0 spiro atoms. The number of rotatable bonds is 13. The number of benzene rings is 2. The van der Waals surface area contributed by atoms with Crippen LogP contribution in [0.3, 0.4) is 0 Å². The van der Waals surface area contributed by atoms with E-state index in [1.54, 1.807) is 73.7 Å². The number of Topliss-reactive ketones (excluding diaryl/α,β-unsaturated/α-hetero) is 1. The van der Waals surface area contributed by atoms with Crippen molar-refractivity contribution in [1.82, 2.24) is 25.6 Å². The molecule has 12 heteroatoms. The molecule has 2 N–H and O–H groups in total. The Morgan fingerprint density at radius 2 is 1.58 bits per heavy atom. The van der Waals surface area contributed by atoms with Gasteiger partial charge in [0.2, 0.25) is 11.7 Å². The first-order valence-corrected chi connectivity index (χ1v) is 16.0. The Morgan fingerprint density at radius 3 is 2.31 bits per heavy atom. The minimum atomic E-state index is -4.14. The van der Waals surface area contributed by atoms with Gasteiger partial charge in [0, 0.05) is 36.7 Å².